The molecule has 0 aromatic carbocycles. The molecule has 2 aromatic rings. The minimum absolute atomic E-state index is 0.731. The molecule has 2 nitrogen and oxygen atoms in total. The first kappa shape index (κ1) is 12.0. The molecule has 0 bridgehead atoms. The lowest BCUT2D eigenvalue weighted by Crippen LogP contribution is -2.11. The maximum absolute atomic E-state index is 6.15. The lowest BCUT2D eigenvalue weighted by atomic mass is 9.80. The van der Waals surface area contributed by atoms with Crippen molar-refractivity contribution in [2.24, 2.45) is 0 Å². The van der Waals surface area contributed by atoms with Gasteiger partial charge in [-0.05, 0) is 42.5 Å². The Hall–Kier alpha value is -1.06. The smallest absolute Gasteiger partial charge is 0.126 e. The maximum atomic E-state index is 6.15. The van der Waals surface area contributed by atoms with Crippen molar-refractivity contribution in [2.45, 2.75) is 31.7 Å². The molecule has 1 aliphatic rings. The molecule has 0 atom stereocenters. The molecule has 1 N–H and O–H groups in total. The summed E-state index contributed by atoms with van der Waals surface area (Å²) < 4.78 is 0.898. The molecule has 1 aliphatic carbocycles. The van der Waals surface area contributed by atoms with Gasteiger partial charge in [0.1, 0.15) is 5.82 Å². The van der Waals surface area contributed by atoms with E-state index in [4.69, 9.17) is 11.6 Å². The van der Waals surface area contributed by atoms with E-state index in [1.807, 2.05) is 18.2 Å². The molecule has 0 spiro atoms. The molecule has 94 valence electrons. The largest absolute Gasteiger partial charge is 0.365 e. The minimum atomic E-state index is 0.731. The Balaban J connectivity index is 1.72. The fraction of sp³-hybridized carbons (Fsp3) is 0.357. The number of hydrogen-bond acceptors (Lipinski definition) is 3. The zero-order valence-corrected chi connectivity index (χ0v) is 11.6. The summed E-state index contributed by atoms with van der Waals surface area (Å²) in [6.45, 7) is 0.820. The number of anilines is 1. The number of aromatic nitrogens is 1. The molecule has 0 radical (unpaired) electrons. The highest BCUT2D eigenvalue weighted by molar-refractivity contribution is 7.16. The van der Waals surface area contributed by atoms with Crippen LogP contribution in [0, 0.1) is 0 Å². The summed E-state index contributed by atoms with van der Waals surface area (Å²) in [5, 5.41) is 3.36. The van der Waals surface area contributed by atoms with Crippen LogP contribution in [0.15, 0.2) is 30.5 Å². The molecule has 1 fully saturated rings. The average molecular weight is 279 g/mol. The standard InChI is InChI=1S/C14H15ClN2S/c15-13-8-11(10-4-3-5-10)12(18-13)9-17-14-6-1-2-7-16-14/h1-2,6-8,10H,3-5,9H2,(H,16,17). The molecule has 0 aliphatic heterocycles. The summed E-state index contributed by atoms with van der Waals surface area (Å²) >= 11 is 7.83. The monoisotopic (exact) mass is 278 g/mol. The van der Waals surface area contributed by atoms with Gasteiger partial charge in [0.25, 0.3) is 0 Å². The molecule has 0 saturated heterocycles. The van der Waals surface area contributed by atoms with Crippen LogP contribution in [0.4, 0.5) is 5.82 Å². The first-order chi connectivity index (χ1) is 8.83. The molecule has 0 amide bonds. The first-order valence-corrected chi connectivity index (χ1v) is 7.45. The van der Waals surface area contributed by atoms with Gasteiger partial charge in [-0.15, -0.1) is 11.3 Å². The first-order valence-electron chi connectivity index (χ1n) is 6.26. The van der Waals surface area contributed by atoms with E-state index in [0.717, 1.165) is 22.6 Å². The zero-order chi connectivity index (χ0) is 12.4. The van der Waals surface area contributed by atoms with Gasteiger partial charge in [-0.1, -0.05) is 24.1 Å². The van der Waals surface area contributed by atoms with E-state index in [0.29, 0.717) is 0 Å². The molecule has 4 heteroatoms. The quantitative estimate of drug-likeness (QED) is 0.879. The summed E-state index contributed by atoms with van der Waals surface area (Å²) in [6, 6.07) is 8.04. The van der Waals surface area contributed by atoms with Crippen molar-refractivity contribution in [2.75, 3.05) is 5.32 Å². The Labute approximate surface area is 116 Å². The molecular formula is C14H15ClN2S. The van der Waals surface area contributed by atoms with Gasteiger partial charge in [-0.2, -0.15) is 0 Å². The van der Waals surface area contributed by atoms with E-state index in [2.05, 4.69) is 16.4 Å². The van der Waals surface area contributed by atoms with Crippen molar-refractivity contribution in [3.8, 4) is 0 Å². The second-order valence-corrected chi connectivity index (χ2v) is 6.39. The normalized spacial score (nSPS) is 15.4. The van der Waals surface area contributed by atoms with Crippen LogP contribution in [-0.2, 0) is 6.54 Å². The molecule has 18 heavy (non-hydrogen) atoms. The predicted octanol–water partition coefficient (Wildman–Crippen LogP) is 4.68. The Morgan fingerprint density at radius 1 is 1.39 bits per heavy atom. The van der Waals surface area contributed by atoms with E-state index in [1.54, 1.807) is 17.5 Å². The van der Waals surface area contributed by atoms with Crippen molar-refractivity contribution in [3.63, 3.8) is 0 Å². The molecule has 2 heterocycles. The average Bonchev–Trinajstić information content (AvgIpc) is 2.67. The van der Waals surface area contributed by atoms with Crippen molar-refractivity contribution in [3.05, 3.63) is 45.2 Å². The van der Waals surface area contributed by atoms with Gasteiger partial charge in [0.05, 0.1) is 10.9 Å². The molecule has 1 saturated carbocycles. The number of rotatable bonds is 4. The Morgan fingerprint density at radius 3 is 2.94 bits per heavy atom. The van der Waals surface area contributed by atoms with E-state index >= 15 is 0 Å². The highest BCUT2D eigenvalue weighted by atomic mass is 35.5. The highest BCUT2D eigenvalue weighted by Crippen LogP contribution is 2.42. The zero-order valence-electron chi connectivity index (χ0n) is 10.0. The van der Waals surface area contributed by atoms with Gasteiger partial charge < -0.3 is 5.32 Å². The molecule has 0 unspecified atom stereocenters. The maximum Gasteiger partial charge on any atom is 0.126 e. The van der Waals surface area contributed by atoms with Crippen LogP contribution in [0.3, 0.4) is 0 Å². The molecular weight excluding hydrogens is 264 g/mol. The topological polar surface area (TPSA) is 24.9 Å². The second kappa shape index (κ2) is 5.29. The van der Waals surface area contributed by atoms with Crippen molar-refractivity contribution < 1.29 is 0 Å². The Bertz CT molecular complexity index is 520. The van der Waals surface area contributed by atoms with Gasteiger partial charge in [-0.25, -0.2) is 4.98 Å². The third-order valence-corrected chi connectivity index (χ3v) is 4.73. The highest BCUT2D eigenvalue weighted by Gasteiger charge is 2.23. The van der Waals surface area contributed by atoms with Crippen LogP contribution in [0.1, 0.15) is 35.6 Å². The van der Waals surface area contributed by atoms with E-state index in [-0.39, 0.29) is 0 Å². The summed E-state index contributed by atoms with van der Waals surface area (Å²) in [6.07, 6.45) is 5.77. The minimum Gasteiger partial charge on any atom is -0.365 e. The number of halogens is 1. The molecule has 3 rings (SSSR count). The van der Waals surface area contributed by atoms with Gasteiger partial charge in [0.15, 0.2) is 0 Å². The fourth-order valence-electron chi connectivity index (χ4n) is 2.25. The third-order valence-electron chi connectivity index (χ3n) is 3.45. The number of pyridine rings is 1. The lowest BCUT2D eigenvalue weighted by molar-refractivity contribution is 0.419. The van der Waals surface area contributed by atoms with Gasteiger partial charge in [0.2, 0.25) is 0 Å². The number of thiophene rings is 1. The number of nitrogens with one attached hydrogen (secondary N) is 1. The number of hydrogen-bond donors (Lipinski definition) is 1. The summed E-state index contributed by atoms with van der Waals surface area (Å²) in [4.78, 5) is 5.63. The van der Waals surface area contributed by atoms with Crippen LogP contribution in [0.5, 0.6) is 0 Å². The van der Waals surface area contributed by atoms with E-state index in [1.165, 1.54) is 29.7 Å². The molecule has 2 aromatic heterocycles. The van der Waals surface area contributed by atoms with Gasteiger partial charge >= 0.3 is 0 Å². The Kier molecular flexibility index (Phi) is 3.52. The van der Waals surface area contributed by atoms with Crippen LogP contribution in [-0.4, -0.2) is 4.98 Å². The van der Waals surface area contributed by atoms with Crippen LogP contribution in [0.2, 0.25) is 4.34 Å². The summed E-state index contributed by atoms with van der Waals surface area (Å²) in [5.41, 5.74) is 1.44. The van der Waals surface area contributed by atoms with Crippen LogP contribution in [0.25, 0.3) is 0 Å². The van der Waals surface area contributed by atoms with Gasteiger partial charge in [-0.3, -0.25) is 0 Å². The van der Waals surface area contributed by atoms with Crippen molar-refractivity contribution in [1.29, 1.82) is 0 Å². The number of nitrogens with zero attached hydrogens (tertiary/aromatic N) is 1. The van der Waals surface area contributed by atoms with Crippen LogP contribution >= 0.6 is 22.9 Å². The lowest BCUT2D eigenvalue weighted by Gasteiger charge is -2.26. The van der Waals surface area contributed by atoms with Crippen molar-refractivity contribution >= 4 is 28.8 Å². The Morgan fingerprint density at radius 2 is 2.28 bits per heavy atom. The van der Waals surface area contributed by atoms with Crippen LogP contribution < -0.4 is 5.32 Å². The fourth-order valence-corrected chi connectivity index (χ4v) is 3.56. The van der Waals surface area contributed by atoms with E-state index in [9.17, 15) is 0 Å². The predicted molar refractivity (Wildman–Crippen MR) is 77.5 cm³/mol. The van der Waals surface area contributed by atoms with Crippen molar-refractivity contribution in [1.82, 2.24) is 4.98 Å². The third kappa shape index (κ3) is 2.52. The van der Waals surface area contributed by atoms with E-state index < -0.39 is 0 Å². The summed E-state index contributed by atoms with van der Waals surface area (Å²) in [5.74, 6) is 1.65. The van der Waals surface area contributed by atoms with Gasteiger partial charge in [0, 0.05) is 11.1 Å². The SMILES string of the molecule is Clc1cc(C2CCC2)c(CNc2ccccn2)s1. The summed E-state index contributed by atoms with van der Waals surface area (Å²) in [7, 11) is 0. The second-order valence-electron chi connectivity index (χ2n) is 4.63.